The van der Waals surface area contributed by atoms with Crippen LogP contribution < -0.4 is 10.1 Å². The molecule has 0 aromatic heterocycles. The fraction of sp³-hybridized carbons (Fsp3) is 0.429. The van der Waals surface area contributed by atoms with Crippen molar-refractivity contribution in [1.82, 2.24) is 5.32 Å². The van der Waals surface area contributed by atoms with Gasteiger partial charge in [-0.3, -0.25) is 4.79 Å². The fourth-order valence-corrected chi connectivity index (χ4v) is 1.65. The summed E-state index contributed by atoms with van der Waals surface area (Å²) >= 11 is 0. The summed E-state index contributed by atoms with van der Waals surface area (Å²) in [5.41, 5.74) is 1.87. The van der Waals surface area contributed by atoms with E-state index in [9.17, 15) is 14.7 Å². The van der Waals surface area contributed by atoms with Crippen LogP contribution in [-0.4, -0.2) is 43.3 Å². The summed E-state index contributed by atoms with van der Waals surface area (Å²) in [5.74, 6) is -0.548. The van der Waals surface area contributed by atoms with Gasteiger partial charge in [0.25, 0.3) is 5.91 Å². The molecule has 1 atom stereocenters. The van der Waals surface area contributed by atoms with Gasteiger partial charge in [-0.15, -0.1) is 0 Å². The van der Waals surface area contributed by atoms with Gasteiger partial charge in [0.05, 0.1) is 13.7 Å². The van der Waals surface area contributed by atoms with E-state index < -0.39 is 18.0 Å². The first-order chi connectivity index (χ1) is 9.45. The molecule has 1 rings (SSSR count). The number of benzene rings is 1. The maximum atomic E-state index is 11.6. The van der Waals surface area contributed by atoms with Gasteiger partial charge in [-0.25, -0.2) is 4.79 Å². The number of rotatable bonds is 6. The van der Waals surface area contributed by atoms with Gasteiger partial charge in [0.15, 0.2) is 12.7 Å². The van der Waals surface area contributed by atoms with Crippen LogP contribution in [0, 0.1) is 13.8 Å². The zero-order chi connectivity index (χ0) is 15.1. The second-order valence-corrected chi connectivity index (χ2v) is 4.35. The molecule has 0 saturated heterocycles. The third kappa shape index (κ3) is 4.55. The van der Waals surface area contributed by atoms with Gasteiger partial charge in [0.1, 0.15) is 5.75 Å². The Morgan fingerprint density at radius 2 is 1.90 bits per heavy atom. The molecule has 1 amide bonds. The Hall–Kier alpha value is -2.08. The Labute approximate surface area is 117 Å². The van der Waals surface area contributed by atoms with Crippen molar-refractivity contribution in [2.75, 3.05) is 20.3 Å². The molecule has 2 N–H and O–H groups in total. The third-order valence-corrected chi connectivity index (χ3v) is 2.72. The molecule has 0 bridgehead atoms. The van der Waals surface area contributed by atoms with E-state index in [2.05, 4.69) is 10.1 Å². The van der Waals surface area contributed by atoms with Crippen molar-refractivity contribution >= 4 is 11.9 Å². The van der Waals surface area contributed by atoms with Gasteiger partial charge in [0, 0.05) is 0 Å². The normalized spacial score (nSPS) is 11.6. The third-order valence-electron chi connectivity index (χ3n) is 2.72. The highest BCUT2D eigenvalue weighted by atomic mass is 16.5. The molecule has 110 valence electrons. The van der Waals surface area contributed by atoms with Crippen LogP contribution in [0.25, 0.3) is 0 Å². The Kier molecular flexibility index (Phi) is 5.99. The molecule has 0 aliphatic carbocycles. The lowest BCUT2D eigenvalue weighted by Gasteiger charge is -2.13. The number of amides is 1. The van der Waals surface area contributed by atoms with E-state index in [0.717, 1.165) is 18.2 Å². The predicted octanol–water partition coefficient (Wildman–Crippen LogP) is 0.332. The SMILES string of the molecule is COC(=O)C(O)CNC(=O)COc1c(C)cccc1C. The highest BCUT2D eigenvalue weighted by Crippen LogP contribution is 2.21. The average molecular weight is 281 g/mol. The lowest BCUT2D eigenvalue weighted by Crippen LogP contribution is -2.39. The van der Waals surface area contributed by atoms with Crippen molar-refractivity contribution in [1.29, 1.82) is 0 Å². The summed E-state index contributed by atoms with van der Waals surface area (Å²) in [6.45, 7) is 3.39. The number of hydrogen-bond donors (Lipinski definition) is 2. The summed E-state index contributed by atoms with van der Waals surface area (Å²) in [4.78, 5) is 22.5. The molecule has 0 spiro atoms. The van der Waals surface area contributed by atoms with E-state index in [1.807, 2.05) is 32.0 Å². The monoisotopic (exact) mass is 281 g/mol. The van der Waals surface area contributed by atoms with Crippen LogP contribution >= 0.6 is 0 Å². The fourth-order valence-electron chi connectivity index (χ4n) is 1.65. The number of aliphatic hydroxyl groups excluding tert-OH is 1. The molecule has 0 heterocycles. The number of ether oxygens (including phenoxy) is 2. The van der Waals surface area contributed by atoms with E-state index in [1.54, 1.807) is 0 Å². The first kappa shape index (κ1) is 16.0. The predicted molar refractivity (Wildman–Crippen MR) is 72.4 cm³/mol. The maximum Gasteiger partial charge on any atom is 0.336 e. The van der Waals surface area contributed by atoms with Gasteiger partial charge in [-0.2, -0.15) is 0 Å². The highest BCUT2D eigenvalue weighted by molar-refractivity contribution is 5.79. The van der Waals surface area contributed by atoms with Crippen molar-refractivity contribution < 1.29 is 24.2 Å². The lowest BCUT2D eigenvalue weighted by molar-refractivity contribution is -0.150. The molecular formula is C14H19NO5. The van der Waals surface area contributed by atoms with Crippen LogP contribution in [-0.2, 0) is 14.3 Å². The number of para-hydroxylation sites is 1. The van der Waals surface area contributed by atoms with Gasteiger partial charge >= 0.3 is 5.97 Å². The number of carbonyl (C=O) groups excluding carboxylic acids is 2. The molecule has 0 aliphatic rings. The van der Waals surface area contributed by atoms with Gasteiger partial charge < -0.3 is 19.9 Å². The van der Waals surface area contributed by atoms with E-state index >= 15 is 0 Å². The first-order valence-electron chi connectivity index (χ1n) is 6.17. The Morgan fingerprint density at radius 3 is 2.45 bits per heavy atom. The average Bonchev–Trinajstić information content (AvgIpc) is 2.43. The molecule has 6 heteroatoms. The molecule has 0 fully saturated rings. The summed E-state index contributed by atoms with van der Waals surface area (Å²) in [7, 11) is 1.16. The molecule has 6 nitrogen and oxygen atoms in total. The molecular weight excluding hydrogens is 262 g/mol. The van der Waals surface area contributed by atoms with Gasteiger partial charge in [0.2, 0.25) is 0 Å². The number of aliphatic hydroxyl groups is 1. The summed E-state index contributed by atoms with van der Waals surface area (Å²) in [6, 6.07) is 5.69. The van der Waals surface area contributed by atoms with Crippen molar-refractivity contribution in [2.45, 2.75) is 20.0 Å². The van der Waals surface area contributed by atoms with E-state index in [-0.39, 0.29) is 13.2 Å². The molecule has 1 unspecified atom stereocenters. The zero-order valence-electron chi connectivity index (χ0n) is 11.8. The lowest BCUT2D eigenvalue weighted by atomic mass is 10.1. The van der Waals surface area contributed by atoms with Crippen LogP contribution in [0.5, 0.6) is 5.75 Å². The topological polar surface area (TPSA) is 84.9 Å². The van der Waals surface area contributed by atoms with Crippen LogP contribution in [0.2, 0.25) is 0 Å². The summed E-state index contributed by atoms with van der Waals surface area (Å²) < 4.78 is 9.77. The smallest absolute Gasteiger partial charge is 0.336 e. The van der Waals surface area contributed by atoms with Crippen molar-refractivity contribution in [2.24, 2.45) is 0 Å². The Balaban J connectivity index is 2.42. The highest BCUT2D eigenvalue weighted by Gasteiger charge is 2.16. The van der Waals surface area contributed by atoms with E-state index in [1.165, 1.54) is 0 Å². The van der Waals surface area contributed by atoms with Crippen molar-refractivity contribution in [3.63, 3.8) is 0 Å². The quantitative estimate of drug-likeness (QED) is 0.734. The van der Waals surface area contributed by atoms with E-state index in [4.69, 9.17) is 4.74 Å². The van der Waals surface area contributed by atoms with Gasteiger partial charge in [-0.1, -0.05) is 18.2 Å². The largest absolute Gasteiger partial charge is 0.483 e. The first-order valence-corrected chi connectivity index (χ1v) is 6.17. The van der Waals surface area contributed by atoms with Crippen LogP contribution in [0.15, 0.2) is 18.2 Å². The number of esters is 1. The van der Waals surface area contributed by atoms with Crippen LogP contribution in [0.3, 0.4) is 0 Å². The number of methoxy groups -OCH3 is 1. The van der Waals surface area contributed by atoms with E-state index in [0.29, 0.717) is 5.75 Å². The number of nitrogens with one attached hydrogen (secondary N) is 1. The number of aryl methyl sites for hydroxylation is 2. The minimum Gasteiger partial charge on any atom is -0.483 e. The molecule has 1 aromatic carbocycles. The Morgan fingerprint density at radius 1 is 1.30 bits per heavy atom. The molecule has 0 radical (unpaired) electrons. The minimum absolute atomic E-state index is 0.181. The summed E-state index contributed by atoms with van der Waals surface area (Å²) in [5, 5.41) is 11.7. The second-order valence-electron chi connectivity index (χ2n) is 4.35. The molecule has 0 saturated carbocycles. The molecule has 20 heavy (non-hydrogen) atoms. The zero-order valence-corrected chi connectivity index (χ0v) is 11.8. The second kappa shape index (κ2) is 7.49. The number of hydrogen-bond acceptors (Lipinski definition) is 5. The van der Waals surface area contributed by atoms with Crippen molar-refractivity contribution in [3.05, 3.63) is 29.3 Å². The molecule has 1 aromatic rings. The van der Waals surface area contributed by atoms with Crippen LogP contribution in [0.1, 0.15) is 11.1 Å². The molecule has 0 aliphatic heterocycles. The maximum absolute atomic E-state index is 11.6. The van der Waals surface area contributed by atoms with Crippen molar-refractivity contribution in [3.8, 4) is 5.75 Å². The standard InChI is InChI=1S/C14H19NO5/c1-9-5-4-6-10(2)13(9)20-8-12(17)15-7-11(16)14(18)19-3/h4-6,11,16H,7-8H2,1-3H3,(H,15,17). The van der Waals surface area contributed by atoms with Gasteiger partial charge in [-0.05, 0) is 25.0 Å². The Bertz CT molecular complexity index is 466. The minimum atomic E-state index is -1.37. The number of carbonyl (C=O) groups is 2. The summed E-state index contributed by atoms with van der Waals surface area (Å²) in [6.07, 6.45) is -1.37. The van der Waals surface area contributed by atoms with Crippen LogP contribution in [0.4, 0.5) is 0 Å².